The molecule has 7 nitrogen and oxygen atoms in total. The quantitative estimate of drug-likeness (QED) is 0.510. The van der Waals surface area contributed by atoms with Gasteiger partial charge in [-0.3, -0.25) is 4.79 Å². The molecule has 8 heteroatoms. The lowest BCUT2D eigenvalue weighted by molar-refractivity contribution is -0.140. The summed E-state index contributed by atoms with van der Waals surface area (Å²) in [4.78, 5) is 10.8. The number of sulfonamides is 1. The van der Waals surface area contributed by atoms with Crippen molar-refractivity contribution in [2.24, 2.45) is 0 Å². The second-order valence-corrected chi connectivity index (χ2v) is 4.97. The lowest BCUT2D eigenvalue weighted by Gasteiger charge is -2.14. The lowest BCUT2D eigenvalue weighted by Crippen LogP contribution is -2.42. The monoisotopic (exact) mass is 255 g/mol. The summed E-state index contributed by atoms with van der Waals surface area (Å²) in [6, 6.07) is -0.701. The number of carbonyl (C=O) groups excluding carboxylic acids is 1. The minimum Gasteiger partial charge on any atom is -0.469 e. The topological polar surface area (TPSA) is 102 Å². The molecule has 0 amide bonds. The number of hydrogen-bond donors (Lipinski definition) is 2. The van der Waals surface area contributed by atoms with Crippen LogP contribution in [0.4, 0.5) is 0 Å². The zero-order valence-electron chi connectivity index (χ0n) is 9.30. The summed E-state index contributed by atoms with van der Waals surface area (Å²) in [5, 5.41) is 8.85. The normalized spacial score (nSPS) is 13.4. The van der Waals surface area contributed by atoms with E-state index >= 15 is 0 Å². The molecule has 0 aromatic heterocycles. The molecule has 16 heavy (non-hydrogen) atoms. The average Bonchev–Trinajstić information content (AvgIpc) is 2.25. The van der Waals surface area contributed by atoms with Crippen molar-refractivity contribution in [2.45, 2.75) is 12.5 Å². The summed E-state index contributed by atoms with van der Waals surface area (Å²) in [5.74, 6) is -0.974. The van der Waals surface area contributed by atoms with Crippen LogP contribution in [0, 0.1) is 0 Å². The highest BCUT2D eigenvalue weighted by Crippen LogP contribution is 1.95. The fraction of sp³-hybridized carbons (Fsp3) is 0.875. The first-order valence-electron chi connectivity index (χ1n) is 4.61. The van der Waals surface area contributed by atoms with E-state index in [0.717, 1.165) is 0 Å². The van der Waals surface area contributed by atoms with Crippen molar-refractivity contribution < 1.29 is 27.8 Å². The van der Waals surface area contributed by atoms with E-state index in [9.17, 15) is 13.2 Å². The smallest absolute Gasteiger partial charge is 0.306 e. The Morgan fingerprint density at radius 2 is 2.06 bits per heavy atom. The number of rotatable bonds is 8. The number of aliphatic hydroxyl groups is 1. The first-order valence-corrected chi connectivity index (χ1v) is 6.27. The van der Waals surface area contributed by atoms with Crippen molar-refractivity contribution in [3.63, 3.8) is 0 Å². The zero-order valence-corrected chi connectivity index (χ0v) is 10.1. The number of hydrogen-bond acceptors (Lipinski definition) is 6. The number of ether oxygens (including phenoxy) is 2. The number of carbonyl (C=O) groups is 1. The van der Waals surface area contributed by atoms with Crippen molar-refractivity contribution in [2.75, 3.05) is 33.2 Å². The molecule has 0 aromatic rings. The van der Waals surface area contributed by atoms with Gasteiger partial charge in [-0.05, 0) is 0 Å². The molecule has 0 saturated heterocycles. The Morgan fingerprint density at radius 3 is 2.50 bits per heavy atom. The molecule has 0 aliphatic heterocycles. The van der Waals surface area contributed by atoms with Crippen molar-refractivity contribution in [3.8, 4) is 0 Å². The van der Waals surface area contributed by atoms with Gasteiger partial charge >= 0.3 is 5.97 Å². The van der Waals surface area contributed by atoms with Crippen LogP contribution >= 0.6 is 0 Å². The molecule has 0 saturated carbocycles. The van der Waals surface area contributed by atoms with Gasteiger partial charge in [-0.15, -0.1) is 0 Å². The number of esters is 1. The predicted molar refractivity (Wildman–Crippen MR) is 56.3 cm³/mol. The van der Waals surface area contributed by atoms with Crippen LogP contribution in [-0.2, 0) is 24.3 Å². The first kappa shape index (κ1) is 15.3. The van der Waals surface area contributed by atoms with Gasteiger partial charge in [0.05, 0.1) is 38.5 Å². The van der Waals surface area contributed by atoms with E-state index in [-0.39, 0.29) is 25.4 Å². The maximum atomic E-state index is 11.4. The van der Waals surface area contributed by atoms with Crippen molar-refractivity contribution in [1.29, 1.82) is 0 Å². The molecule has 0 rings (SSSR count). The van der Waals surface area contributed by atoms with E-state index in [1.54, 1.807) is 0 Å². The van der Waals surface area contributed by atoms with Gasteiger partial charge in [-0.25, -0.2) is 13.1 Å². The fourth-order valence-corrected chi connectivity index (χ4v) is 2.16. The highest BCUT2D eigenvalue weighted by Gasteiger charge is 2.18. The second-order valence-electron chi connectivity index (χ2n) is 3.10. The van der Waals surface area contributed by atoms with Crippen molar-refractivity contribution in [3.05, 3.63) is 0 Å². The van der Waals surface area contributed by atoms with Crippen molar-refractivity contribution >= 4 is 16.0 Å². The molecule has 1 atom stereocenters. The third kappa shape index (κ3) is 6.72. The van der Waals surface area contributed by atoms with Crippen LogP contribution in [0.25, 0.3) is 0 Å². The lowest BCUT2D eigenvalue weighted by atomic mass is 10.4. The maximum absolute atomic E-state index is 11.4. The third-order valence-electron chi connectivity index (χ3n) is 1.74. The second kappa shape index (κ2) is 7.55. The van der Waals surface area contributed by atoms with E-state index < -0.39 is 22.0 Å². The molecule has 2 N–H and O–H groups in total. The molecule has 0 spiro atoms. The molecule has 96 valence electrons. The average molecular weight is 255 g/mol. The Kier molecular flexibility index (Phi) is 7.22. The van der Waals surface area contributed by atoms with Gasteiger partial charge in [0.2, 0.25) is 10.0 Å². The van der Waals surface area contributed by atoms with Crippen LogP contribution in [0.5, 0.6) is 0 Å². The molecule has 0 aliphatic rings. The Labute approximate surface area is 94.8 Å². The van der Waals surface area contributed by atoms with Gasteiger partial charge in [0.1, 0.15) is 0 Å². The molecular weight excluding hydrogens is 238 g/mol. The summed E-state index contributed by atoms with van der Waals surface area (Å²) in [5.41, 5.74) is 0. The van der Waals surface area contributed by atoms with Crippen molar-refractivity contribution in [1.82, 2.24) is 4.72 Å². The Hall–Kier alpha value is -0.700. The van der Waals surface area contributed by atoms with Gasteiger partial charge in [0.15, 0.2) is 0 Å². The first-order chi connectivity index (χ1) is 7.45. The van der Waals surface area contributed by atoms with Gasteiger partial charge in [-0.1, -0.05) is 0 Å². The summed E-state index contributed by atoms with van der Waals surface area (Å²) < 4.78 is 34.1. The third-order valence-corrected chi connectivity index (χ3v) is 3.17. The molecular formula is C8H17NO6S. The molecule has 0 aromatic carbocycles. The van der Waals surface area contributed by atoms with E-state index in [0.29, 0.717) is 0 Å². The van der Waals surface area contributed by atoms with E-state index in [1.807, 2.05) is 0 Å². The Balaban J connectivity index is 4.17. The molecule has 0 radical (unpaired) electrons. The van der Waals surface area contributed by atoms with Crippen LogP contribution in [0.1, 0.15) is 6.42 Å². The molecule has 0 heterocycles. The van der Waals surface area contributed by atoms with E-state index in [2.05, 4.69) is 9.46 Å². The number of methoxy groups -OCH3 is 2. The minimum absolute atomic E-state index is 0.0634. The largest absolute Gasteiger partial charge is 0.469 e. The standard InChI is InChI=1S/C8H17NO6S/c1-14-6-7(5-10)9-16(12,13)4-3-8(11)15-2/h7,9-10H,3-6H2,1-2H3. The molecule has 0 aliphatic carbocycles. The Morgan fingerprint density at radius 1 is 1.44 bits per heavy atom. The summed E-state index contributed by atoms with van der Waals surface area (Å²) in [6.45, 7) is -0.306. The summed E-state index contributed by atoms with van der Waals surface area (Å²) >= 11 is 0. The number of nitrogens with one attached hydrogen (secondary N) is 1. The van der Waals surface area contributed by atoms with Crippen LogP contribution in [-0.4, -0.2) is 58.7 Å². The van der Waals surface area contributed by atoms with Crippen LogP contribution < -0.4 is 4.72 Å². The summed E-state index contributed by atoms with van der Waals surface area (Å²) in [7, 11) is -1.03. The summed E-state index contributed by atoms with van der Waals surface area (Å²) in [6.07, 6.45) is -0.225. The van der Waals surface area contributed by atoms with E-state index in [4.69, 9.17) is 9.84 Å². The SMILES string of the molecule is COCC(CO)NS(=O)(=O)CCC(=O)OC. The molecule has 1 unspecified atom stereocenters. The van der Waals surface area contributed by atoms with Gasteiger partial charge in [-0.2, -0.15) is 0 Å². The van der Waals surface area contributed by atoms with Crippen LogP contribution in [0.2, 0.25) is 0 Å². The minimum atomic E-state index is -3.61. The number of aliphatic hydroxyl groups excluding tert-OH is 1. The Bertz CT molecular complexity index is 302. The molecule has 0 fully saturated rings. The van der Waals surface area contributed by atoms with Gasteiger partial charge in [0, 0.05) is 7.11 Å². The zero-order chi connectivity index (χ0) is 12.6. The maximum Gasteiger partial charge on any atom is 0.306 e. The predicted octanol–water partition coefficient (Wildman–Crippen LogP) is -1.52. The van der Waals surface area contributed by atoms with E-state index in [1.165, 1.54) is 14.2 Å². The highest BCUT2D eigenvalue weighted by molar-refractivity contribution is 7.89. The van der Waals surface area contributed by atoms with Crippen LogP contribution in [0.3, 0.4) is 0 Å². The highest BCUT2D eigenvalue weighted by atomic mass is 32.2. The van der Waals surface area contributed by atoms with Crippen LogP contribution in [0.15, 0.2) is 0 Å². The van der Waals surface area contributed by atoms with Gasteiger partial charge in [0.25, 0.3) is 0 Å². The molecule has 0 bridgehead atoms. The fourth-order valence-electron chi connectivity index (χ4n) is 0.958. The van der Waals surface area contributed by atoms with Gasteiger partial charge < -0.3 is 14.6 Å².